The quantitative estimate of drug-likeness (QED) is 0.842. The monoisotopic (exact) mass is 374 g/mol. The van der Waals surface area contributed by atoms with Gasteiger partial charge in [0.05, 0.1) is 11.5 Å². The van der Waals surface area contributed by atoms with Crippen molar-refractivity contribution in [3.63, 3.8) is 0 Å². The van der Waals surface area contributed by atoms with Crippen molar-refractivity contribution in [3.05, 3.63) is 59.7 Å². The molecular weight excluding hydrogens is 352 g/mol. The minimum Gasteiger partial charge on any atom is -0.392 e. The Bertz CT molecular complexity index is 890. The number of piperidine rings is 1. The number of hydrogen-bond donors (Lipinski definition) is 2. The topological polar surface area (TPSA) is 86.7 Å². The lowest BCUT2D eigenvalue weighted by molar-refractivity contribution is 0.102. The first kappa shape index (κ1) is 18.6. The van der Waals surface area contributed by atoms with E-state index in [0.717, 1.165) is 19.3 Å². The summed E-state index contributed by atoms with van der Waals surface area (Å²) in [6, 6.07) is 13.0. The zero-order chi connectivity index (χ0) is 18.6. The number of hydrogen-bond acceptors (Lipinski definition) is 4. The zero-order valence-corrected chi connectivity index (χ0v) is 15.2. The molecule has 2 N–H and O–H groups in total. The van der Waals surface area contributed by atoms with Crippen LogP contribution in [0.15, 0.2) is 53.4 Å². The van der Waals surface area contributed by atoms with Gasteiger partial charge in [-0.05, 0) is 48.7 Å². The fraction of sp³-hybridized carbons (Fsp3) is 0.316. The lowest BCUT2D eigenvalue weighted by atomic mass is 10.2. The van der Waals surface area contributed by atoms with Gasteiger partial charge in [-0.15, -0.1) is 0 Å². The van der Waals surface area contributed by atoms with Crippen molar-refractivity contribution in [2.75, 3.05) is 18.4 Å². The highest BCUT2D eigenvalue weighted by Crippen LogP contribution is 2.22. The largest absolute Gasteiger partial charge is 0.392 e. The van der Waals surface area contributed by atoms with Crippen LogP contribution in [0, 0.1) is 0 Å². The Morgan fingerprint density at radius 2 is 1.77 bits per heavy atom. The number of anilines is 1. The molecule has 3 rings (SSSR count). The van der Waals surface area contributed by atoms with Crippen molar-refractivity contribution < 1.29 is 18.3 Å². The summed E-state index contributed by atoms with van der Waals surface area (Å²) in [7, 11) is -3.58. The van der Waals surface area contributed by atoms with Gasteiger partial charge in [-0.25, -0.2) is 8.42 Å². The molecule has 0 aromatic heterocycles. The van der Waals surface area contributed by atoms with Crippen LogP contribution in [0.5, 0.6) is 0 Å². The van der Waals surface area contributed by atoms with Crippen LogP contribution in [0.1, 0.15) is 35.2 Å². The molecule has 0 saturated carbocycles. The maximum Gasteiger partial charge on any atom is 0.255 e. The average Bonchev–Trinajstić information content (AvgIpc) is 2.69. The second kappa shape index (κ2) is 7.99. The highest BCUT2D eigenvalue weighted by molar-refractivity contribution is 7.89. The molecule has 1 saturated heterocycles. The Balaban J connectivity index is 1.81. The first-order valence-electron chi connectivity index (χ1n) is 8.62. The Kier molecular flexibility index (Phi) is 5.70. The SMILES string of the molecule is O=C(Nc1cccc(CO)c1)c1cccc(S(=O)(=O)N2CCCCC2)c1. The smallest absolute Gasteiger partial charge is 0.255 e. The van der Waals surface area contributed by atoms with Crippen LogP contribution < -0.4 is 5.32 Å². The van der Waals surface area contributed by atoms with Gasteiger partial charge < -0.3 is 10.4 Å². The summed E-state index contributed by atoms with van der Waals surface area (Å²) in [6.45, 7) is 0.923. The molecule has 0 aliphatic carbocycles. The molecule has 0 bridgehead atoms. The number of carbonyl (C=O) groups is 1. The highest BCUT2D eigenvalue weighted by Gasteiger charge is 2.26. The molecule has 26 heavy (non-hydrogen) atoms. The molecule has 1 aliphatic rings. The normalized spacial score (nSPS) is 15.6. The molecule has 0 radical (unpaired) electrons. The van der Waals surface area contributed by atoms with Crippen LogP contribution in [0.2, 0.25) is 0 Å². The predicted octanol–water partition coefficient (Wildman–Crippen LogP) is 2.61. The summed E-state index contributed by atoms with van der Waals surface area (Å²) in [6.07, 6.45) is 2.77. The van der Waals surface area contributed by atoms with Gasteiger partial charge in [0.15, 0.2) is 0 Å². The van der Waals surface area contributed by atoms with Crippen molar-refractivity contribution in [1.82, 2.24) is 4.31 Å². The fourth-order valence-corrected chi connectivity index (χ4v) is 4.57. The van der Waals surface area contributed by atoms with E-state index in [1.165, 1.54) is 16.4 Å². The van der Waals surface area contributed by atoms with Gasteiger partial charge in [0.1, 0.15) is 0 Å². The van der Waals surface area contributed by atoms with Gasteiger partial charge >= 0.3 is 0 Å². The van der Waals surface area contributed by atoms with Gasteiger partial charge in [0.2, 0.25) is 10.0 Å². The summed E-state index contributed by atoms with van der Waals surface area (Å²) >= 11 is 0. The summed E-state index contributed by atoms with van der Waals surface area (Å²) in [5.41, 5.74) is 1.51. The van der Waals surface area contributed by atoms with Crippen LogP contribution in [-0.2, 0) is 16.6 Å². The van der Waals surface area contributed by atoms with Crippen molar-refractivity contribution in [1.29, 1.82) is 0 Å². The van der Waals surface area contributed by atoms with E-state index in [-0.39, 0.29) is 17.1 Å². The number of aliphatic hydroxyl groups excluding tert-OH is 1. The molecular formula is C19H22N2O4S. The Morgan fingerprint density at radius 1 is 1.04 bits per heavy atom. The molecule has 0 unspecified atom stereocenters. The van der Waals surface area contributed by atoms with E-state index in [1.54, 1.807) is 36.4 Å². The summed E-state index contributed by atoms with van der Waals surface area (Å²) in [5, 5.41) is 11.9. The van der Waals surface area contributed by atoms with Crippen molar-refractivity contribution >= 4 is 21.6 Å². The lowest BCUT2D eigenvalue weighted by Crippen LogP contribution is -2.35. The maximum absolute atomic E-state index is 12.8. The molecule has 138 valence electrons. The van der Waals surface area contributed by atoms with Gasteiger partial charge in [0.25, 0.3) is 5.91 Å². The van der Waals surface area contributed by atoms with E-state index in [1.807, 2.05) is 0 Å². The van der Waals surface area contributed by atoms with Gasteiger partial charge in [-0.2, -0.15) is 4.31 Å². The predicted molar refractivity (Wildman–Crippen MR) is 99.4 cm³/mol. The molecule has 6 nitrogen and oxygen atoms in total. The average molecular weight is 374 g/mol. The van der Waals surface area contributed by atoms with Crippen molar-refractivity contribution in [2.45, 2.75) is 30.8 Å². The van der Waals surface area contributed by atoms with Crippen LogP contribution >= 0.6 is 0 Å². The minimum atomic E-state index is -3.58. The van der Waals surface area contributed by atoms with Crippen LogP contribution in [0.25, 0.3) is 0 Å². The van der Waals surface area contributed by atoms with E-state index in [9.17, 15) is 18.3 Å². The van der Waals surface area contributed by atoms with Gasteiger partial charge in [0, 0.05) is 24.3 Å². The molecule has 1 fully saturated rings. The van der Waals surface area contributed by atoms with E-state index in [4.69, 9.17) is 0 Å². The van der Waals surface area contributed by atoms with Crippen LogP contribution in [-0.4, -0.2) is 36.8 Å². The summed E-state index contributed by atoms with van der Waals surface area (Å²) in [4.78, 5) is 12.6. The third kappa shape index (κ3) is 4.12. The molecule has 1 amide bonds. The molecule has 0 spiro atoms. The minimum absolute atomic E-state index is 0.118. The van der Waals surface area contributed by atoms with Crippen LogP contribution in [0.4, 0.5) is 5.69 Å². The Morgan fingerprint density at radius 3 is 2.50 bits per heavy atom. The summed E-state index contributed by atoms with van der Waals surface area (Å²) < 4.78 is 27.0. The number of amides is 1. The van der Waals surface area contributed by atoms with E-state index < -0.39 is 15.9 Å². The molecule has 2 aromatic carbocycles. The third-order valence-corrected chi connectivity index (χ3v) is 6.31. The number of aliphatic hydroxyl groups is 1. The van der Waals surface area contributed by atoms with Gasteiger partial charge in [-0.3, -0.25) is 4.79 Å². The maximum atomic E-state index is 12.8. The number of nitrogens with one attached hydrogen (secondary N) is 1. The number of nitrogens with zero attached hydrogens (tertiary/aromatic N) is 1. The lowest BCUT2D eigenvalue weighted by Gasteiger charge is -2.26. The first-order chi connectivity index (χ1) is 12.5. The summed E-state index contributed by atoms with van der Waals surface area (Å²) in [5.74, 6) is -0.393. The highest BCUT2D eigenvalue weighted by atomic mass is 32.2. The second-order valence-electron chi connectivity index (χ2n) is 6.31. The standard InChI is InChI=1S/C19H22N2O4S/c22-14-15-6-4-8-17(12-15)20-19(23)16-7-5-9-18(13-16)26(24,25)21-10-2-1-3-11-21/h4-9,12-13,22H,1-3,10-11,14H2,(H,20,23). The number of carbonyl (C=O) groups excluding carboxylic acids is 1. The van der Waals surface area contributed by atoms with E-state index in [0.29, 0.717) is 24.3 Å². The van der Waals surface area contributed by atoms with E-state index >= 15 is 0 Å². The molecule has 1 heterocycles. The Hall–Kier alpha value is -2.22. The zero-order valence-electron chi connectivity index (χ0n) is 14.4. The van der Waals surface area contributed by atoms with Crippen molar-refractivity contribution in [2.24, 2.45) is 0 Å². The molecule has 1 aliphatic heterocycles. The van der Waals surface area contributed by atoms with Gasteiger partial charge in [-0.1, -0.05) is 24.6 Å². The van der Waals surface area contributed by atoms with E-state index in [2.05, 4.69) is 5.32 Å². The second-order valence-corrected chi connectivity index (χ2v) is 8.24. The third-order valence-electron chi connectivity index (χ3n) is 4.42. The molecule has 2 aromatic rings. The van der Waals surface area contributed by atoms with Crippen molar-refractivity contribution in [3.8, 4) is 0 Å². The Labute approximate surface area is 153 Å². The fourth-order valence-electron chi connectivity index (χ4n) is 3.00. The first-order valence-corrected chi connectivity index (χ1v) is 10.1. The van der Waals surface area contributed by atoms with Crippen LogP contribution in [0.3, 0.4) is 0 Å². The number of benzene rings is 2. The molecule has 0 atom stereocenters. The number of sulfonamides is 1. The molecule has 7 heteroatoms. The number of rotatable bonds is 5.